The van der Waals surface area contributed by atoms with Crippen molar-refractivity contribution in [2.75, 3.05) is 0 Å². The minimum absolute atomic E-state index is 0. The maximum atomic E-state index is 12.5. The number of carbonyl (C=O) groups is 2. The number of hydrogen-bond acceptors (Lipinski definition) is 2. The Morgan fingerprint density at radius 2 is 1.53 bits per heavy atom. The number of benzene rings is 1. The van der Waals surface area contributed by atoms with Crippen LogP contribution < -0.4 is 51.4 Å². The first-order valence-electron chi connectivity index (χ1n) is 5.58. The fraction of sp³-hybridized carbons (Fsp3) is 0.273. The Morgan fingerprint density at radius 1 is 1.05 bits per heavy atom. The number of halogens is 3. The van der Waals surface area contributed by atoms with Gasteiger partial charge in [-0.3, -0.25) is 14.5 Å². The first-order chi connectivity index (χ1) is 8.41. The van der Waals surface area contributed by atoms with Crippen molar-refractivity contribution in [1.29, 1.82) is 0 Å². The standard InChI is InChI=1S/C11H8BF3NO2.K/c13-12(14,15)8-5-9(8)16-10(17)6-3-1-2-4-7(6)11(16)18;/h1-4,8-9H,5H2;/q-1;+1/t8-,9-;/m0./s1. The molecule has 1 aromatic carbocycles. The third-order valence-corrected chi connectivity index (χ3v) is 3.45. The summed E-state index contributed by atoms with van der Waals surface area (Å²) >= 11 is 0. The molecule has 1 saturated carbocycles. The van der Waals surface area contributed by atoms with Crippen molar-refractivity contribution in [3.63, 3.8) is 0 Å². The second kappa shape index (κ2) is 5.00. The van der Waals surface area contributed by atoms with Crippen LogP contribution in [0.1, 0.15) is 27.1 Å². The molecule has 0 bridgehead atoms. The summed E-state index contributed by atoms with van der Waals surface area (Å²) < 4.78 is 37.6. The maximum absolute atomic E-state index is 12.5. The van der Waals surface area contributed by atoms with Crippen LogP contribution in [0.15, 0.2) is 24.3 Å². The van der Waals surface area contributed by atoms with Crippen molar-refractivity contribution in [2.45, 2.75) is 18.3 Å². The van der Waals surface area contributed by atoms with Gasteiger partial charge in [-0.1, -0.05) is 24.4 Å². The quantitative estimate of drug-likeness (QED) is 0.533. The Labute approximate surface area is 150 Å². The van der Waals surface area contributed by atoms with Crippen LogP contribution in [0.4, 0.5) is 12.9 Å². The molecular formula is C11H8BF3KNO2. The van der Waals surface area contributed by atoms with Gasteiger partial charge in [0.05, 0.1) is 11.1 Å². The Morgan fingerprint density at radius 3 is 1.89 bits per heavy atom. The summed E-state index contributed by atoms with van der Waals surface area (Å²) in [6.07, 6.45) is -0.158. The summed E-state index contributed by atoms with van der Waals surface area (Å²) in [5.74, 6) is -2.72. The predicted octanol–water partition coefficient (Wildman–Crippen LogP) is -0.724. The van der Waals surface area contributed by atoms with E-state index in [1.165, 1.54) is 12.1 Å². The molecule has 0 unspecified atom stereocenters. The molecule has 0 N–H and O–H groups in total. The summed E-state index contributed by atoms with van der Waals surface area (Å²) in [6.45, 7) is -4.98. The van der Waals surface area contributed by atoms with Gasteiger partial charge in [0.1, 0.15) is 0 Å². The largest absolute Gasteiger partial charge is 1.00 e. The van der Waals surface area contributed by atoms with Crippen LogP contribution in [0.5, 0.6) is 0 Å². The number of imide groups is 1. The van der Waals surface area contributed by atoms with Gasteiger partial charge in [-0.25, -0.2) is 0 Å². The number of rotatable bonds is 2. The molecule has 0 radical (unpaired) electrons. The monoisotopic (exact) mass is 293 g/mol. The Bertz CT molecular complexity index is 528. The second-order valence-electron chi connectivity index (χ2n) is 4.62. The van der Waals surface area contributed by atoms with Gasteiger partial charge in [-0.2, -0.15) is 0 Å². The number of amides is 2. The Hall–Kier alpha value is -0.149. The van der Waals surface area contributed by atoms with Crippen molar-refractivity contribution in [3.05, 3.63) is 35.4 Å². The first-order valence-corrected chi connectivity index (χ1v) is 5.58. The van der Waals surface area contributed by atoms with Gasteiger partial charge >= 0.3 is 58.4 Å². The molecule has 2 aliphatic rings. The summed E-state index contributed by atoms with van der Waals surface area (Å²) in [6, 6.07) is 5.10. The van der Waals surface area contributed by atoms with Crippen molar-refractivity contribution < 1.29 is 73.9 Å². The van der Waals surface area contributed by atoms with Crippen LogP contribution in [0.2, 0.25) is 5.82 Å². The number of hydrogen-bond donors (Lipinski definition) is 0. The SMILES string of the molecule is O=C1c2ccccc2C(=O)N1[C@H]1C[C@@H]1[B-](F)(F)F.[K+]. The van der Waals surface area contributed by atoms with Gasteiger partial charge in [0, 0.05) is 6.04 Å². The van der Waals surface area contributed by atoms with Gasteiger partial charge in [0.2, 0.25) is 0 Å². The van der Waals surface area contributed by atoms with Crippen LogP contribution in [0, 0.1) is 0 Å². The molecule has 2 amide bonds. The topological polar surface area (TPSA) is 37.4 Å². The first kappa shape index (κ1) is 15.2. The molecule has 0 aromatic heterocycles. The van der Waals surface area contributed by atoms with E-state index >= 15 is 0 Å². The number of nitrogens with zero attached hydrogens (tertiary/aromatic N) is 1. The van der Waals surface area contributed by atoms with E-state index in [1.54, 1.807) is 12.1 Å². The van der Waals surface area contributed by atoms with Gasteiger partial charge in [0.25, 0.3) is 11.8 Å². The third-order valence-electron chi connectivity index (χ3n) is 3.45. The Kier molecular flexibility index (Phi) is 4.01. The van der Waals surface area contributed by atoms with E-state index in [1.807, 2.05) is 0 Å². The summed E-state index contributed by atoms with van der Waals surface area (Å²) in [5.41, 5.74) is 0.394. The van der Waals surface area contributed by atoms with Gasteiger partial charge in [-0.15, -0.1) is 0 Å². The average Bonchev–Trinajstić information content (AvgIpc) is 3.05. The number of fused-ring (bicyclic) bond motifs is 1. The van der Waals surface area contributed by atoms with Crippen molar-refractivity contribution in [3.8, 4) is 0 Å². The minimum Gasteiger partial charge on any atom is -0.449 e. The molecule has 1 fully saturated rings. The predicted molar refractivity (Wildman–Crippen MR) is 58.2 cm³/mol. The Balaban J connectivity index is 0.00000133. The molecule has 19 heavy (non-hydrogen) atoms. The van der Waals surface area contributed by atoms with Crippen molar-refractivity contribution >= 4 is 18.8 Å². The van der Waals surface area contributed by atoms with Crippen LogP contribution in [-0.4, -0.2) is 29.7 Å². The minimum atomic E-state index is -4.98. The molecular weight excluding hydrogens is 285 g/mol. The van der Waals surface area contributed by atoms with E-state index in [-0.39, 0.29) is 68.9 Å². The van der Waals surface area contributed by atoms with E-state index in [4.69, 9.17) is 0 Å². The summed E-state index contributed by atoms with van der Waals surface area (Å²) in [7, 11) is 0. The van der Waals surface area contributed by atoms with E-state index in [2.05, 4.69) is 0 Å². The average molecular weight is 293 g/mol. The van der Waals surface area contributed by atoms with E-state index in [9.17, 15) is 22.5 Å². The number of carbonyl (C=O) groups excluding carboxylic acids is 2. The molecule has 1 aliphatic carbocycles. The molecule has 1 aromatic rings. The molecule has 0 saturated heterocycles. The van der Waals surface area contributed by atoms with Gasteiger partial charge in [-0.05, 0) is 12.1 Å². The maximum Gasteiger partial charge on any atom is 1.00 e. The fourth-order valence-corrected chi connectivity index (χ4v) is 2.41. The van der Waals surface area contributed by atoms with E-state index in [0.717, 1.165) is 4.90 Å². The van der Waals surface area contributed by atoms with Crippen LogP contribution >= 0.6 is 0 Å². The molecule has 2 atom stereocenters. The summed E-state index contributed by atoms with van der Waals surface area (Å²) in [5, 5.41) is 0. The zero-order valence-electron chi connectivity index (χ0n) is 10.1. The van der Waals surface area contributed by atoms with Crippen LogP contribution in [-0.2, 0) is 0 Å². The smallest absolute Gasteiger partial charge is 0.449 e. The molecule has 1 aliphatic heterocycles. The molecule has 3 nitrogen and oxygen atoms in total. The normalized spacial score (nSPS) is 25.1. The second-order valence-corrected chi connectivity index (χ2v) is 4.62. The van der Waals surface area contributed by atoms with Gasteiger partial charge < -0.3 is 12.9 Å². The fourth-order valence-electron chi connectivity index (χ4n) is 2.41. The van der Waals surface area contributed by atoms with Crippen molar-refractivity contribution in [2.24, 2.45) is 0 Å². The van der Waals surface area contributed by atoms with E-state index in [0.29, 0.717) is 0 Å². The van der Waals surface area contributed by atoms with Crippen LogP contribution in [0.3, 0.4) is 0 Å². The molecule has 3 rings (SSSR count). The van der Waals surface area contributed by atoms with E-state index < -0.39 is 30.7 Å². The summed E-state index contributed by atoms with van der Waals surface area (Å²) in [4.78, 5) is 24.6. The third kappa shape index (κ3) is 2.44. The van der Waals surface area contributed by atoms with Crippen LogP contribution in [0.25, 0.3) is 0 Å². The zero-order chi connectivity index (χ0) is 13.1. The molecule has 8 heteroatoms. The van der Waals surface area contributed by atoms with Crippen molar-refractivity contribution in [1.82, 2.24) is 4.90 Å². The molecule has 1 heterocycles. The molecule has 94 valence electrons. The van der Waals surface area contributed by atoms with Gasteiger partial charge in [0.15, 0.2) is 0 Å². The molecule has 0 spiro atoms. The zero-order valence-corrected chi connectivity index (χ0v) is 13.3.